The van der Waals surface area contributed by atoms with Crippen molar-refractivity contribution in [3.05, 3.63) is 63.3 Å². The summed E-state index contributed by atoms with van der Waals surface area (Å²) < 4.78 is 30.5. The lowest BCUT2D eigenvalue weighted by molar-refractivity contribution is -0.142. The number of amides is 1. The molecule has 0 fully saturated rings. The summed E-state index contributed by atoms with van der Waals surface area (Å²) >= 11 is 12.6. The molecule has 1 unspecified atom stereocenters. The van der Waals surface area contributed by atoms with Gasteiger partial charge in [0.05, 0.1) is 33.6 Å². The molecule has 0 saturated carbocycles. The Balaban J connectivity index is 1.85. The number of sulfone groups is 1. The van der Waals surface area contributed by atoms with Gasteiger partial charge in [0, 0.05) is 12.4 Å². The van der Waals surface area contributed by atoms with Crippen LogP contribution in [0.2, 0.25) is 10.0 Å². The summed E-state index contributed by atoms with van der Waals surface area (Å²) in [6, 6.07) is 9.18. The van der Waals surface area contributed by atoms with Gasteiger partial charge in [0.25, 0.3) is 5.91 Å². The molecule has 182 valence electrons. The molecule has 2 aromatic carbocycles. The van der Waals surface area contributed by atoms with Crippen molar-refractivity contribution in [1.82, 2.24) is 9.88 Å². The maximum atomic E-state index is 13.0. The van der Waals surface area contributed by atoms with E-state index in [1.807, 2.05) is 13.0 Å². The second kappa shape index (κ2) is 9.24. The van der Waals surface area contributed by atoms with Gasteiger partial charge in [0.1, 0.15) is 5.69 Å². The monoisotopic (exact) mass is 524 g/mol. The van der Waals surface area contributed by atoms with Crippen LogP contribution in [0.3, 0.4) is 0 Å². The number of aryl methyl sites for hydroxylation is 2. The molecule has 1 atom stereocenters. The fourth-order valence-electron chi connectivity index (χ4n) is 3.69. The number of benzene rings is 2. The van der Waals surface area contributed by atoms with Crippen molar-refractivity contribution >= 4 is 55.8 Å². The van der Waals surface area contributed by atoms with Crippen LogP contribution in [-0.2, 0) is 26.4 Å². The van der Waals surface area contributed by atoms with E-state index in [1.165, 1.54) is 26.0 Å². The maximum Gasteiger partial charge on any atom is 0.327 e. The van der Waals surface area contributed by atoms with Crippen molar-refractivity contribution < 1.29 is 22.7 Å². The molecule has 0 aliphatic heterocycles. The second-order valence-corrected chi connectivity index (χ2v) is 11.9. The zero-order chi connectivity index (χ0) is 25.6. The van der Waals surface area contributed by atoms with E-state index in [0.29, 0.717) is 26.7 Å². The predicted molar refractivity (Wildman–Crippen MR) is 133 cm³/mol. The molecular weight excluding hydrogens is 499 g/mol. The van der Waals surface area contributed by atoms with Crippen molar-refractivity contribution in [2.24, 2.45) is 7.05 Å². The SMILES string of the molecule is COC(=O)C(C)(C)S(=O)(=O)c1ccc(C(C)NC(=O)c2cc3c(Cl)c(Cl)c(C)cc3n2C)cc1. The number of halogens is 2. The Morgan fingerprint density at radius 2 is 1.68 bits per heavy atom. The average Bonchev–Trinajstić information content (AvgIpc) is 3.13. The van der Waals surface area contributed by atoms with E-state index in [2.05, 4.69) is 10.1 Å². The van der Waals surface area contributed by atoms with Gasteiger partial charge >= 0.3 is 5.97 Å². The highest BCUT2D eigenvalue weighted by atomic mass is 35.5. The van der Waals surface area contributed by atoms with Gasteiger partial charge in [-0.25, -0.2) is 8.42 Å². The first-order chi connectivity index (χ1) is 15.7. The second-order valence-electron chi connectivity index (χ2n) is 8.61. The molecule has 0 bridgehead atoms. The molecule has 3 aromatic rings. The van der Waals surface area contributed by atoms with Crippen LogP contribution >= 0.6 is 23.2 Å². The van der Waals surface area contributed by atoms with Crippen LogP contribution in [0.25, 0.3) is 10.9 Å². The molecule has 0 spiro atoms. The summed E-state index contributed by atoms with van der Waals surface area (Å²) in [4.78, 5) is 25.0. The number of carbonyl (C=O) groups is 2. The summed E-state index contributed by atoms with van der Waals surface area (Å²) in [6.45, 7) is 6.24. The van der Waals surface area contributed by atoms with Gasteiger partial charge < -0.3 is 14.6 Å². The van der Waals surface area contributed by atoms with Gasteiger partial charge in [-0.1, -0.05) is 35.3 Å². The average molecular weight is 525 g/mol. The Morgan fingerprint density at radius 1 is 1.09 bits per heavy atom. The Labute approximate surface area is 208 Å². The van der Waals surface area contributed by atoms with Crippen molar-refractivity contribution in [1.29, 1.82) is 0 Å². The third kappa shape index (κ3) is 4.30. The molecule has 1 heterocycles. The quantitative estimate of drug-likeness (QED) is 0.457. The van der Waals surface area contributed by atoms with Gasteiger partial charge in [0.2, 0.25) is 0 Å². The first-order valence-corrected chi connectivity index (χ1v) is 12.7. The van der Waals surface area contributed by atoms with Crippen LogP contribution in [0.5, 0.6) is 0 Å². The molecule has 1 aromatic heterocycles. The number of fused-ring (bicyclic) bond motifs is 1. The van der Waals surface area contributed by atoms with Crippen molar-refractivity contribution in [2.45, 2.75) is 43.4 Å². The van der Waals surface area contributed by atoms with Crippen LogP contribution in [-0.4, -0.2) is 36.7 Å². The van der Waals surface area contributed by atoms with E-state index < -0.39 is 26.6 Å². The van der Waals surface area contributed by atoms with E-state index in [-0.39, 0.29) is 10.8 Å². The smallest absolute Gasteiger partial charge is 0.327 e. The molecule has 3 rings (SSSR count). The summed E-state index contributed by atoms with van der Waals surface area (Å²) in [5.41, 5.74) is 2.70. The van der Waals surface area contributed by atoms with Crippen LogP contribution in [0.4, 0.5) is 0 Å². The standard InChI is InChI=1S/C24H26Cl2N2O5S/c1-13-11-18-17(21(26)20(13)25)12-19(28(18)5)22(29)27-14(2)15-7-9-16(10-8-15)34(31,32)24(3,4)23(30)33-6/h7-12,14H,1-6H3,(H,27,29). The fraction of sp³-hybridized carbons (Fsp3) is 0.333. The minimum Gasteiger partial charge on any atom is -0.468 e. The third-order valence-corrected chi connectivity index (χ3v) is 9.41. The lowest BCUT2D eigenvalue weighted by Gasteiger charge is -2.22. The number of rotatable bonds is 6. The normalized spacial score (nSPS) is 13.1. The highest BCUT2D eigenvalue weighted by Gasteiger charge is 2.44. The van der Waals surface area contributed by atoms with E-state index in [9.17, 15) is 18.0 Å². The number of esters is 1. The first-order valence-electron chi connectivity index (χ1n) is 10.4. The van der Waals surface area contributed by atoms with Crippen LogP contribution < -0.4 is 5.32 Å². The highest BCUT2D eigenvalue weighted by molar-refractivity contribution is 7.93. The lowest BCUT2D eigenvalue weighted by atomic mass is 10.1. The maximum absolute atomic E-state index is 13.0. The van der Waals surface area contributed by atoms with Crippen molar-refractivity contribution in [3.63, 3.8) is 0 Å². The molecule has 0 aliphatic carbocycles. The number of ether oxygens (including phenoxy) is 1. The first kappa shape index (κ1) is 26.1. The third-order valence-electron chi connectivity index (χ3n) is 6.03. The summed E-state index contributed by atoms with van der Waals surface area (Å²) in [5, 5.41) is 4.44. The molecule has 1 N–H and O–H groups in total. The molecule has 1 amide bonds. The number of nitrogens with zero attached hydrogens (tertiary/aromatic N) is 1. The highest BCUT2D eigenvalue weighted by Crippen LogP contribution is 2.35. The number of hydrogen-bond acceptors (Lipinski definition) is 5. The van der Waals surface area contributed by atoms with Crippen LogP contribution in [0.15, 0.2) is 41.3 Å². The number of aromatic nitrogens is 1. The molecular formula is C24H26Cl2N2O5S. The van der Waals surface area contributed by atoms with E-state index in [4.69, 9.17) is 23.2 Å². The Morgan fingerprint density at radius 3 is 2.24 bits per heavy atom. The molecule has 0 aliphatic rings. The number of nitrogens with one attached hydrogen (secondary N) is 1. The number of methoxy groups -OCH3 is 1. The fourth-order valence-corrected chi connectivity index (χ4v) is 5.53. The number of hydrogen-bond donors (Lipinski definition) is 1. The lowest BCUT2D eigenvalue weighted by Crippen LogP contribution is -2.41. The Kier molecular flexibility index (Phi) is 7.09. The van der Waals surface area contributed by atoms with E-state index in [1.54, 1.807) is 36.7 Å². The van der Waals surface area contributed by atoms with E-state index >= 15 is 0 Å². The molecule has 10 heteroatoms. The van der Waals surface area contributed by atoms with Crippen molar-refractivity contribution in [3.8, 4) is 0 Å². The number of carbonyl (C=O) groups excluding carboxylic acids is 2. The van der Waals surface area contributed by atoms with Gasteiger partial charge in [-0.15, -0.1) is 0 Å². The molecule has 0 radical (unpaired) electrons. The van der Waals surface area contributed by atoms with Crippen LogP contribution in [0, 0.1) is 6.92 Å². The minimum absolute atomic E-state index is 0.0132. The van der Waals surface area contributed by atoms with Crippen LogP contribution in [0.1, 0.15) is 48.4 Å². The summed E-state index contributed by atoms with van der Waals surface area (Å²) in [5.74, 6) is -1.16. The summed E-state index contributed by atoms with van der Waals surface area (Å²) in [6.07, 6.45) is 0. The van der Waals surface area contributed by atoms with Gasteiger partial charge in [0.15, 0.2) is 14.6 Å². The Bertz CT molecular complexity index is 1390. The van der Waals surface area contributed by atoms with Gasteiger partial charge in [-0.05, 0) is 63.1 Å². The molecule has 7 nitrogen and oxygen atoms in total. The minimum atomic E-state index is -3.98. The Hall–Kier alpha value is -2.55. The van der Waals surface area contributed by atoms with E-state index in [0.717, 1.165) is 18.2 Å². The van der Waals surface area contributed by atoms with Gasteiger partial charge in [-0.3, -0.25) is 9.59 Å². The molecule has 0 saturated heterocycles. The van der Waals surface area contributed by atoms with Gasteiger partial charge in [-0.2, -0.15) is 0 Å². The molecule has 34 heavy (non-hydrogen) atoms. The van der Waals surface area contributed by atoms with Crippen molar-refractivity contribution in [2.75, 3.05) is 7.11 Å². The predicted octanol–water partition coefficient (Wildman–Crippen LogP) is 5.01. The zero-order valence-electron chi connectivity index (χ0n) is 19.7. The largest absolute Gasteiger partial charge is 0.468 e. The topological polar surface area (TPSA) is 94.5 Å². The summed E-state index contributed by atoms with van der Waals surface area (Å²) in [7, 11) is -1.06. The zero-order valence-corrected chi connectivity index (χ0v) is 22.0.